The molecule has 0 spiro atoms. The van der Waals surface area contributed by atoms with Gasteiger partial charge in [-0.2, -0.15) is 10.1 Å². The normalized spacial score (nSPS) is 14.1. The van der Waals surface area contributed by atoms with Crippen molar-refractivity contribution in [2.24, 2.45) is 5.10 Å². The van der Waals surface area contributed by atoms with Crippen molar-refractivity contribution in [2.45, 2.75) is 33.2 Å². The van der Waals surface area contributed by atoms with Gasteiger partial charge in [0.15, 0.2) is 5.65 Å². The van der Waals surface area contributed by atoms with Gasteiger partial charge in [-0.3, -0.25) is 4.57 Å². The predicted molar refractivity (Wildman–Crippen MR) is 170 cm³/mol. The molecule has 5 aromatic rings. The summed E-state index contributed by atoms with van der Waals surface area (Å²) in [5.41, 5.74) is 8.73. The summed E-state index contributed by atoms with van der Waals surface area (Å²) in [5.74, 6) is 0.655. The molecule has 43 heavy (non-hydrogen) atoms. The van der Waals surface area contributed by atoms with E-state index in [9.17, 15) is 4.79 Å². The quantitative estimate of drug-likeness (QED) is 0.0948. The molecule has 0 bridgehead atoms. The summed E-state index contributed by atoms with van der Waals surface area (Å²) in [5, 5.41) is 17.1. The van der Waals surface area contributed by atoms with Crippen molar-refractivity contribution in [2.75, 3.05) is 17.9 Å². The molecule has 0 amide bonds. The molecule has 0 atom stereocenters. The molecule has 2 aromatic heterocycles. The van der Waals surface area contributed by atoms with Crippen LogP contribution in [-0.2, 0) is 0 Å². The highest BCUT2D eigenvalue weighted by Gasteiger charge is 2.24. The lowest BCUT2D eigenvalue weighted by Crippen LogP contribution is -2.31. The molecular formula is C33H31N7O3. The van der Waals surface area contributed by atoms with Crippen LogP contribution < -0.4 is 20.2 Å². The molecule has 10 nitrogen and oxygen atoms in total. The number of rotatable bonds is 7. The Hall–Kier alpha value is -5.51. The van der Waals surface area contributed by atoms with E-state index in [1.165, 1.54) is 0 Å². The molecule has 0 fully saturated rings. The molecule has 3 heterocycles. The van der Waals surface area contributed by atoms with Crippen LogP contribution in [0.1, 0.15) is 43.6 Å². The van der Waals surface area contributed by atoms with Crippen molar-refractivity contribution in [1.29, 1.82) is 0 Å². The van der Waals surface area contributed by atoms with Crippen molar-refractivity contribution in [3.05, 3.63) is 90.0 Å². The van der Waals surface area contributed by atoms with Crippen LogP contribution in [0, 0.1) is 0 Å². The average Bonchev–Trinajstić information content (AvgIpc) is 3.32. The van der Waals surface area contributed by atoms with E-state index >= 15 is 0 Å². The molecule has 1 aliphatic rings. The lowest BCUT2D eigenvalue weighted by atomic mass is 9.91. The first-order valence-corrected chi connectivity index (χ1v) is 13.8. The zero-order valence-electron chi connectivity index (χ0n) is 24.5. The van der Waals surface area contributed by atoms with Crippen LogP contribution in [0.25, 0.3) is 33.3 Å². The third-order valence-corrected chi connectivity index (χ3v) is 7.08. The Morgan fingerprint density at radius 1 is 1.07 bits per heavy atom. The number of fused-ring (bicyclic) bond motifs is 4. The Morgan fingerprint density at radius 2 is 1.91 bits per heavy atom. The summed E-state index contributed by atoms with van der Waals surface area (Å²) in [6, 6.07) is 18.6. The number of hydrogen-bond acceptors (Lipinski definition) is 9. The Bertz CT molecular complexity index is 1970. The molecule has 0 saturated carbocycles. The number of methoxy groups -OCH3 is 1. The van der Waals surface area contributed by atoms with Crippen LogP contribution in [-0.4, -0.2) is 44.6 Å². The van der Waals surface area contributed by atoms with Gasteiger partial charge in [-0.1, -0.05) is 30.4 Å². The largest absolute Gasteiger partial charge is 0.497 e. The number of esters is 1. The number of ether oxygens (including phenoxy) is 2. The topological polar surface area (TPSA) is 116 Å². The highest BCUT2D eigenvalue weighted by molar-refractivity contribution is 6.06. The molecule has 2 N–H and O–H groups in total. The van der Waals surface area contributed by atoms with Gasteiger partial charge in [-0.25, -0.2) is 10.2 Å². The first-order valence-electron chi connectivity index (χ1n) is 13.8. The van der Waals surface area contributed by atoms with Crippen LogP contribution in [0.15, 0.2) is 84.0 Å². The molecule has 216 valence electrons. The van der Waals surface area contributed by atoms with E-state index in [0.717, 1.165) is 27.7 Å². The number of nitrogens with one attached hydrogen (secondary N) is 2. The van der Waals surface area contributed by atoms with Crippen LogP contribution in [0.3, 0.4) is 0 Å². The second-order valence-electron chi connectivity index (χ2n) is 10.8. The van der Waals surface area contributed by atoms with E-state index < -0.39 is 5.97 Å². The van der Waals surface area contributed by atoms with Crippen molar-refractivity contribution in [3.63, 3.8) is 0 Å². The zero-order chi connectivity index (χ0) is 30.1. The number of benzene rings is 3. The van der Waals surface area contributed by atoms with E-state index in [0.29, 0.717) is 33.9 Å². The second kappa shape index (κ2) is 11.1. The smallest absolute Gasteiger partial charge is 0.343 e. The number of anilines is 2. The number of para-hydroxylation sites is 1. The zero-order valence-corrected chi connectivity index (χ0v) is 24.5. The molecule has 1 aliphatic heterocycles. The van der Waals surface area contributed by atoms with Crippen LogP contribution >= 0.6 is 0 Å². The Morgan fingerprint density at radius 3 is 2.72 bits per heavy atom. The van der Waals surface area contributed by atoms with Gasteiger partial charge < -0.3 is 14.8 Å². The van der Waals surface area contributed by atoms with Crippen molar-refractivity contribution in [3.8, 4) is 17.2 Å². The molecule has 10 heteroatoms. The van der Waals surface area contributed by atoms with E-state index in [1.807, 2.05) is 60.0 Å². The first-order chi connectivity index (χ1) is 20.8. The number of carbonyl (C=O) groups is 1. The lowest BCUT2D eigenvalue weighted by molar-refractivity contribution is 0.0734. The third-order valence-electron chi connectivity index (χ3n) is 7.08. The van der Waals surface area contributed by atoms with Crippen LogP contribution in [0.2, 0.25) is 0 Å². The number of nitrogens with zero attached hydrogens (tertiary/aromatic N) is 5. The van der Waals surface area contributed by atoms with E-state index in [-0.39, 0.29) is 11.5 Å². The number of hydrazone groups is 1. The first kappa shape index (κ1) is 27.6. The highest BCUT2D eigenvalue weighted by Crippen LogP contribution is 2.36. The maximum absolute atomic E-state index is 13.5. The summed E-state index contributed by atoms with van der Waals surface area (Å²) in [6.07, 6.45) is 7.40. The van der Waals surface area contributed by atoms with E-state index in [4.69, 9.17) is 14.5 Å². The SMILES string of the molecule is C/C=C/C=N/Nc1nnc2c3ccccc3n(-c3cc(OC)cc(C(=O)Oc4ccc5c(c4)C(C)=CC(C)(C)N5)c3)c2n1. The van der Waals surface area contributed by atoms with Crippen LogP contribution in [0.4, 0.5) is 11.6 Å². The van der Waals surface area contributed by atoms with Gasteiger partial charge in [-0.15, -0.1) is 10.2 Å². The third kappa shape index (κ3) is 5.42. The van der Waals surface area contributed by atoms with E-state index in [2.05, 4.69) is 52.9 Å². The highest BCUT2D eigenvalue weighted by atomic mass is 16.5. The fraction of sp³-hybridized carbons (Fsp3) is 0.182. The van der Waals surface area contributed by atoms with Gasteiger partial charge >= 0.3 is 5.97 Å². The molecule has 6 rings (SSSR count). The number of allylic oxidation sites excluding steroid dienone is 3. The molecule has 3 aromatic carbocycles. The minimum atomic E-state index is -0.514. The summed E-state index contributed by atoms with van der Waals surface area (Å²) in [4.78, 5) is 18.2. The standard InChI is InChI=1S/C33H31N7O3/c1-6-7-14-34-38-32-35-30-29(37-39-32)25-10-8-9-11-28(25)40(30)22-15-21(16-24(17-22)42-5)31(41)43-23-12-13-27-26(18-23)20(2)19-33(3,4)36-27/h6-19,36H,1-5H3,(H,35,38,39)/b7-6+,34-14+. The Balaban J connectivity index is 1.40. The van der Waals surface area contributed by atoms with Crippen molar-refractivity contribution in [1.82, 2.24) is 19.7 Å². The van der Waals surface area contributed by atoms with Gasteiger partial charge in [0.25, 0.3) is 5.95 Å². The minimum absolute atomic E-state index is 0.157. The summed E-state index contributed by atoms with van der Waals surface area (Å²) in [7, 11) is 1.56. The Labute approximate surface area is 248 Å². The van der Waals surface area contributed by atoms with Gasteiger partial charge in [0.05, 0.1) is 29.4 Å². The summed E-state index contributed by atoms with van der Waals surface area (Å²) >= 11 is 0. The molecule has 0 saturated heterocycles. The van der Waals surface area contributed by atoms with Crippen molar-refractivity contribution < 1.29 is 14.3 Å². The summed E-state index contributed by atoms with van der Waals surface area (Å²) in [6.45, 7) is 8.18. The van der Waals surface area contributed by atoms with Crippen molar-refractivity contribution >= 4 is 51.5 Å². The molecule has 0 radical (unpaired) electrons. The van der Waals surface area contributed by atoms with E-state index in [1.54, 1.807) is 37.6 Å². The van der Waals surface area contributed by atoms with Gasteiger partial charge in [0.1, 0.15) is 17.0 Å². The molecule has 0 aliphatic carbocycles. The van der Waals surface area contributed by atoms with Gasteiger partial charge in [-0.05, 0) is 75.7 Å². The lowest BCUT2D eigenvalue weighted by Gasteiger charge is -2.31. The van der Waals surface area contributed by atoms with Gasteiger partial charge in [0.2, 0.25) is 0 Å². The minimum Gasteiger partial charge on any atom is -0.497 e. The fourth-order valence-corrected chi connectivity index (χ4v) is 5.30. The fourth-order valence-electron chi connectivity index (χ4n) is 5.30. The number of carbonyl (C=O) groups excluding carboxylic acids is 1. The number of hydrogen-bond donors (Lipinski definition) is 2. The second-order valence-corrected chi connectivity index (χ2v) is 10.8. The molecular weight excluding hydrogens is 542 g/mol. The maximum Gasteiger partial charge on any atom is 0.343 e. The monoisotopic (exact) mass is 573 g/mol. The van der Waals surface area contributed by atoms with Crippen LogP contribution in [0.5, 0.6) is 11.5 Å². The Kier molecular flexibility index (Phi) is 7.11. The summed E-state index contributed by atoms with van der Waals surface area (Å²) < 4.78 is 13.4. The maximum atomic E-state index is 13.5. The average molecular weight is 574 g/mol. The molecule has 0 unspecified atom stereocenters. The predicted octanol–water partition coefficient (Wildman–Crippen LogP) is 6.78. The van der Waals surface area contributed by atoms with Gasteiger partial charge in [0, 0.05) is 28.9 Å². The number of aromatic nitrogens is 4.